The van der Waals surface area contributed by atoms with Crippen LogP contribution < -0.4 is 4.90 Å². The van der Waals surface area contributed by atoms with E-state index in [4.69, 9.17) is 4.74 Å². The van der Waals surface area contributed by atoms with Gasteiger partial charge in [-0.1, -0.05) is 30.3 Å². The first-order valence-corrected chi connectivity index (χ1v) is 9.50. The third kappa shape index (κ3) is 3.87. The van der Waals surface area contributed by atoms with Gasteiger partial charge in [0.05, 0.1) is 11.1 Å². The maximum absolute atomic E-state index is 12.6. The van der Waals surface area contributed by atoms with Crippen LogP contribution in [0.3, 0.4) is 0 Å². The van der Waals surface area contributed by atoms with Crippen LogP contribution in [0.2, 0.25) is 0 Å². The molecule has 0 radical (unpaired) electrons. The van der Waals surface area contributed by atoms with E-state index >= 15 is 0 Å². The van der Waals surface area contributed by atoms with Gasteiger partial charge in [-0.05, 0) is 37.6 Å². The van der Waals surface area contributed by atoms with Crippen molar-refractivity contribution in [3.63, 3.8) is 0 Å². The Kier molecular flexibility index (Phi) is 5.08. The maximum atomic E-state index is 12.6. The molecule has 0 aliphatic carbocycles. The van der Waals surface area contributed by atoms with Crippen LogP contribution in [0.4, 0.5) is 5.69 Å². The molecular formula is C23H20N2O4. The molecule has 1 fully saturated rings. The molecule has 0 saturated carbocycles. The molecule has 1 aliphatic heterocycles. The Morgan fingerprint density at radius 2 is 1.93 bits per heavy atom. The lowest BCUT2D eigenvalue weighted by atomic mass is 10.1. The summed E-state index contributed by atoms with van der Waals surface area (Å²) in [6, 6.07) is 15.8. The monoisotopic (exact) mass is 388 g/mol. The average Bonchev–Trinajstić information content (AvgIpc) is 3.17. The number of esters is 1. The number of para-hydroxylation sites is 1. The predicted molar refractivity (Wildman–Crippen MR) is 109 cm³/mol. The number of hydrogen-bond acceptors (Lipinski definition) is 5. The van der Waals surface area contributed by atoms with Crippen LogP contribution in [0.1, 0.15) is 39.3 Å². The molecule has 4 rings (SSSR count). The normalized spacial score (nSPS) is 13.7. The number of benzene rings is 2. The number of hydrogen-bond donors (Lipinski definition) is 0. The number of rotatable bonds is 5. The van der Waals surface area contributed by atoms with E-state index in [2.05, 4.69) is 4.98 Å². The van der Waals surface area contributed by atoms with E-state index < -0.39 is 5.97 Å². The quantitative estimate of drug-likeness (QED) is 0.492. The van der Waals surface area contributed by atoms with Gasteiger partial charge in [0.15, 0.2) is 12.4 Å². The molecule has 0 unspecified atom stereocenters. The summed E-state index contributed by atoms with van der Waals surface area (Å²) in [6.45, 7) is 2.09. The fourth-order valence-corrected chi connectivity index (χ4v) is 3.54. The van der Waals surface area contributed by atoms with Crippen molar-refractivity contribution < 1.29 is 19.1 Å². The Morgan fingerprint density at radius 1 is 1.10 bits per heavy atom. The topological polar surface area (TPSA) is 76.6 Å². The molecule has 0 bridgehead atoms. The van der Waals surface area contributed by atoms with Gasteiger partial charge in [-0.3, -0.25) is 14.6 Å². The van der Waals surface area contributed by atoms with Crippen LogP contribution >= 0.6 is 0 Å². The minimum absolute atomic E-state index is 0.0564. The largest absolute Gasteiger partial charge is 0.454 e. The molecule has 146 valence electrons. The molecule has 1 aromatic heterocycles. The zero-order valence-electron chi connectivity index (χ0n) is 16.1. The number of anilines is 1. The predicted octanol–water partition coefficient (Wildman–Crippen LogP) is 3.71. The number of ketones is 1. The summed E-state index contributed by atoms with van der Waals surface area (Å²) < 4.78 is 5.30. The van der Waals surface area contributed by atoms with Crippen molar-refractivity contribution in [3.8, 4) is 0 Å². The summed E-state index contributed by atoms with van der Waals surface area (Å²) in [7, 11) is 0. The molecule has 3 aromatic rings. The molecule has 1 amide bonds. The highest BCUT2D eigenvalue weighted by Gasteiger charge is 2.22. The Hall–Kier alpha value is -3.54. The van der Waals surface area contributed by atoms with E-state index in [9.17, 15) is 14.4 Å². The van der Waals surface area contributed by atoms with Crippen molar-refractivity contribution in [1.82, 2.24) is 4.98 Å². The minimum Gasteiger partial charge on any atom is -0.454 e. The fourth-order valence-electron chi connectivity index (χ4n) is 3.54. The summed E-state index contributed by atoms with van der Waals surface area (Å²) in [4.78, 5) is 43.2. The zero-order valence-corrected chi connectivity index (χ0v) is 16.1. The number of ether oxygens (including phenoxy) is 1. The first kappa shape index (κ1) is 18.8. The fraction of sp³-hybridized carbons (Fsp3) is 0.217. The molecule has 6 nitrogen and oxygen atoms in total. The van der Waals surface area contributed by atoms with Gasteiger partial charge in [0, 0.05) is 35.3 Å². The Bertz CT molecular complexity index is 1120. The van der Waals surface area contributed by atoms with Crippen molar-refractivity contribution in [3.05, 3.63) is 71.4 Å². The standard InChI is InChI=1S/C23H20N2O4/c1-15-12-19(18-8-2-3-9-20(18)24-15)23(28)29-14-21(26)16-6-4-7-17(13-16)25-11-5-10-22(25)27/h2-4,6-9,12-13H,5,10-11,14H2,1H3. The summed E-state index contributed by atoms with van der Waals surface area (Å²) >= 11 is 0. The highest BCUT2D eigenvalue weighted by Crippen LogP contribution is 2.23. The number of carbonyl (C=O) groups excluding carboxylic acids is 3. The maximum Gasteiger partial charge on any atom is 0.339 e. The van der Waals surface area contributed by atoms with Crippen LogP contribution in [0, 0.1) is 6.92 Å². The van der Waals surface area contributed by atoms with E-state index in [1.807, 2.05) is 18.2 Å². The highest BCUT2D eigenvalue weighted by atomic mass is 16.5. The van der Waals surface area contributed by atoms with Crippen LogP contribution in [-0.2, 0) is 9.53 Å². The van der Waals surface area contributed by atoms with Gasteiger partial charge < -0.3 is 9.64 Å². The molecule has 1 aliphatic rings. The van der Waals surface area contributed by atoms with Gasteiger partial charge in [-0.15, -0.1) is 0 Å². The van der Waals surface area contributed by atoms with Crippen molar-refractivity contribution in [2.75, 3.05) is 18.1 Å². The van der Waals surface area contributed by atoms with E-state index in [-0.39, 0.29) is 18.3 Å². The first-order chi connectivity index (χ1) is 14.0. The number of fused-ring (bicyclic) bond motifs is 1. The molecule has 6 heteroatoms. The molecule has 29 heavy (non-hydrogen) atoms. The molecule has 1 saturated heterocycles. The van der Waals surface area contributed by atoms with E-state index in [0.29, 0.717) is 46.4 Å². The SMILES string of the molecule is Cc1cc(C(=O)OCC(=O)c2cccc(N3CCCC3=O)c2)c2ccccc2n1. The van der Waals surface area contributed by atoms with Crippen LogP contribution in [-0.4, -0.2) is 35.8 Å². The second-order valence-electron chi connectivity index (χ2n) is 7.03. The van der Waals surface area contributed by atoms with Gasteiger partial charge in [0.25, 0.3) is 0 Å². The second kappa shape index (κ2) is 7.83. The van der Waals surface area contributed by atoms with Gasteiger partial charge in [0.2, 0.25) is 5.91 Å². The van der Waals surface area contributed by atoms with Gasteiger partial charge in [-0.2, -0.15) is 0 Å². The third-order valence-corrected chi connectivity index (χ3v) is 4.95. The lowest BCUT2D eigenvalue weighted by Gasteiger charge is -2.16. The van der Waals surface area contributed by atoms with Crippen molar-refractivity contribution in [2.45, 2.75) is 19.8 Å². The lowest BCUT2D eigenvalue weighted by molar-refractivity contribution is -0.117. The minimum atomic E-state index is -0.564. The first-order valence-electron chi connectivity index (χ1n) is 9.50. The number of aromatic nitrogens is 1. The van der Waals surface area contributed by atoms with Crippen molar-refractivity contribution >= 4 is 34.3 Å². The van der Waals surface area contributed by atoms with E-state index in [1.165, 1.54) is 0 Å². The van der Waals surface area contributed by atoms with Gasteiger partial charge >= 0.3 is 5.97 Å². The smallest absolute Gasteiger partial charge is 0.339 e. The average molecular weight is 388 g/mol. The second-order valence-corrected chi connectivity index (χ2v) is 7.03. The number of nitrogens with zero attached hydrogens (tertiary/aromatic N) is 2. The van der Waals surface area contributed by atoms with Gasteiger partial charge in [0.1, 0.15) is 0 Å². The van der Waals surface area contributed by atoms with Gasteiger partial charge in [-0.25, -0.2) is 4.79 Å². The molecule has 2 aromatic carbocycles. The molecular weight excluding hydrogens is 368 g/mol. The number of pyridine rings is 1. The summed E-state index contributed by atoms with van der Waals surface area (Å²) in [6.07, 6.45) is 1.34. The van der Waals surface area contributed by atoms with E-state index in [0.717, 1.165) is 6.42 Å². The lowest BCUT2D eigenvalue weighted by Crippen LogP contribution is -2.24. The Labute approximate surface area is 168 Å². The third-order valence-electron chi connectivity index (χ3n) is 4.95. The zero-order chi connectivity index (χ0) is 20.4. The van der Waals surface area contributed by atoms with Crippen LogP contribution in [0.15, 0.2) is 54.6 Å². The number of amides is 1. The highest BCUT2D eigenvalue weighted by molar-refractivity contribution is 6.05. The summed E-state index contributed by atoms with van der Waals surface area (Å²) in [5.74, 6) is -0.825. The molecule has 0 atom stereocenters. The molecule has 2 heterocycles. The molecule has 0 spiro atoms. The Balaban J connectivity index is 1.49. The van der Waals surface area contributed by atoms with Crippen LogP contribution in [0.5, 0.6) is 0 Å². The number of Topliss-reactive ketones (excluding diaryl/α,β-unsaturated/α-hetero) is 1. The number of aryl methyl sites for hydroxylation is 1. The Morgan fingerprint density at radius 3 is 2.72 bits per heavy atom. The van der Waals surface area contributed by atoms with E-state index in [1.54, 1.807) is 48.2 Å². The van der Waals surface area contributed by atoms with Crippen molar-refractivity contribution in [2.24, 2.45) is 0 Å². The van der Waals surface area contributed by atoms with Crippen LogP contribution in [0.25, 0.3) is 10.9 Å². The van der Waals surface area contributed by atoms with Crippen molar-refractivity contribution in [1.29, 1.82) is 0 Å². The molecule has 0 N–H and O–H groups in total. The summed E-state index contributed by atoms with van der Waals surface area (Å²) in [5, 5.41) is 0.685. The summed E-state index contributed by atoms with van der Waals surface area (Å²) in [5.41, 5.74) is 2.89. The number of carbonyl (C=O) groups is 3.